The minimum Gasteiger partial charge on any atom is -0.490 e. The van der Waals surface area contributed by atoms with Gasteiger partial charge in [0.2, 0.25) is 5.91 Å². The van der Waals surface area contributed by atoms with Gasteiger partial charge in [-0.25, -0.2) is 4.99 Å². The molecular weight excluding hydrogens is 495 g/mol. The number of aliphatic imine (C=N–C) groups is 1. The number of fused-ring (bicyclic) bond motifs is 1. The predicted molar refractivity (Wildman–Crippen MR) is 129 cm³/mol. The number of rotatable bonds is 5. The molecule has 7 nitrogen and oxygen atoms in total. The maximum atomic E-state index is 12.1. The van der Waals surface area contributed by atoms with Gasteiger partial charge in [0.25, 0.3) is 0 Å². The minimum absolute atomic E-state index is 0. The van der Waals surface area contributed by atoms with Crippen molar-refractivity contribution in [3.63, 3.8) is 0 Å². The molecule has 2 aromatic carbocycles. The number of halogens is 1. The molecule has 4 rings (SSSR count). The van der Waals surface area contributed by atoms with E-state index in [1.807, 2.05) is 42.5 Å². The van der Waals surface area contributed by atoms with Crippen molar-refractivity contribution < 1.29 is 14.3 Å². The quantitative estimate of drug-likeness (QED) is 0.312. The molecule has 0 spiro atoms. The Morgan fingerprint density at radius 3 is 2.53 bits per heavy atom. The van der Waals surface area contributed by atoms with Gasteiger partial charge in [-0.2, -0.15) is 0 Å². The third kappa shape index (κ3) is 5.78. The molecule has 0 radical (unpaired) electrons. The SMILES string of the molecule is I.NC(=NCc1cccc(NC(=O)C2CCC2)c1)Nc1ccc2c(c1)OCCCO2. The van der Waals surface area contributed by atoms with Crippen molar-refractivity contribution in [1.82, 2.24) is 0 Å². The van der Waals surface area contributed by atoms with Crippen LogP contribution >= 0.6 is 24.0 Å². The maximum Gasteiger partial charge on any atom is 0.227 e. The zero-order chi connectivity index (χ0) is 20.1. The van der Waals surface area contributed by atoms with Crippen LogP contribution in [0.4, 0.5) is 11.4 Å². The molecule has 1 aliphatic heterocycles. The summed E-state index contributed by atoms with van der Waals surface area (Å²) in [5.74, 6) is 2.02. The molecule has 1 aliphatic carbocycles. The van der Waals surface area contributed by atoms with Crippen LogP contribution in [0, 0.1) is 5.92 Å². The molecule has 1 saturated carbocycles. The zero-order valence-corrected chi connectivity index (χ0v) is 19.1. The van der Waals surface area contributed by atoms with Gasteiger partial charge in [0.15, 0.2) is 17.5 Å². The lowest BCUT2D eigenvalue weighted by molar-refractivity contribution is -0.122. The molecule has 1 amide bonds. The number of carbonyl (C=O) groups is 1. The van der Waals surface area contributed by atoms with Crippen LogP contribution in [-0.2, 0) is 11.3 Å². The second-order valence-corrected chi connectivity index (χ2v) is 7.36. The average Bonchev–Trinajstić information content (AvgIpc) is 2.90. The topological polar surface area (TPSA) is 98.0 Å². The summed E-state index contributed by atoms with van der Waals surface area (Å²) in [6.45, 7) is 1.70. The van der Waals surface area contributed by atoms with Crippen LogP contribution in [0.25, 0.3) is 0 Å². The first-order chi connectivity index (χ1) is 14.2. The van der Waals surface area contributed by atoms with Crippen molar-refractivity contribution in [2.45, 2.75) is 32.2 Å². The monoisotopic (exact) mass is 522 g/mol. The van der Waals surface area contributed by atoms with E-state index in [1.165, 1.54) is 0 Å². The number of ether oxygens (including phenoxy) is 2. The Morgan fingerprint density at radius 2 is 1.77 bits per heavy atom. The van der Waals surface area contributed by atoms with Crippen LogP contribution in [0.15, 0.2) is 47.5 Å². The van der Waals surface area contributed by atoms with Crippen molar-refractivity contribution in [2.75, 3.05) is 23.8 Å². The van der Waals surface area contributed by atoms with E-state index in [-0.39, 0.29) is 35.8 Å². The molecular formula is C22H27IN4O3. The first-order valence-corrected chi connectivity index (χ1v) is 10.0. The summed E-state index contributed by atoms with van der Waals surface area (Å²) >= 11 is 0. The van der Waals surface area contributed by atoms with Gasteiger partial charge in [-0.1, -0.05) is 18.6 Å². The highest BCUT2D eigenvalue weighted by molar-refractivity contribution is 14.0. The normalized spacial score (nSPS) is 15.9. The third-order valence-electron chi connectivity index (χ3n) is 5.12. The number of carbonyl (C=O) groups excluding carboxylic acids is 1. The Morgan fingerprint density at radius 1 is 1.00 bits per heavy atom. The number of benzene rings is 2. The van der Waals surface area contributed by atoms with E-state index < -0.39 is 0 Å². The van der Waals surface area contributed by atoms with Crippen molar-refractivity contribution in [1.29, 1.82) is 0 Å². The van der Waals surface area contributed by atoms with Crippen molar-refractivity contribution in [2.24, 2.45) is 16.6 Å². The van der Waals surface area contributed by atoms with Crippen LogP contribution in [0.1, 0.15) is 31.2 Å². The van der Waals surface area contributed by atoms with Crippen molar-refractivity contribution in [3.8, 4) is 11.5 Å². The number of nitrogens with one attached hydrogen (secondary N) is 2. The smallest absolute Gasteiger partial charge is 0.227 e. The van der Waals surface area contributed by atoms with E-state index in [9.17, 15) is 4.79 Å². The molecule has 0 bridgehead atoms. The molecule has 0 atom stereocenters. The highest BCUT2D eigenvalue weighted by Crippen LogP contribution is 2.32. The molecule has 160 valence electrons. The molecule has 8 heteroatoms. The fraction of sp³-hybridized carbons (Fsp3) is 0.364. The standard InChI is InChI=1S/C22H26N4O3.HI/c23-22(26-18-8-9-19-20(13-18)29-11-3-10-28-19)24-14-15-4-1-7-17(12-15)25-21(27)16-5-2-6-16;/h1,4,7-9,12-13,16H,2-3,5-6,10-11,14H2,(H,25,27)(H3,23,24,26);1H. The summed E-state index contributed by atoms with van der Waals surface area (Å²) in [4.78, 5) is 16.5. The predicted octanol–water partition coefficient (Wildman–Crippen LogP) is 4.13. The maximum absolute atomic E-state index is 12.1. The molecule has 30 heavy (non-hydrogen) atoms. The van der Waals surface area contributed by atoms with Crippen LogP contribution in [0.5, 0.6) is 11.5 Å². The molecule has 0 saturated heterocycles. The molecule has 1 heterocycles. The van der Waals surface area contributed by atoms with E-state index >= 15 is 0 Å². The number of anilines is 2. The Bertz CT molecular complexity index is 915. The van der Waals surface area contributed by atoms with Gasteiger partial charge in [-0.15, -0.1) is 24.0 Å². The fourth-order valence-electron chi connectivity index (χ4n) is 3.27. The number of nitrogens with zero attached hydrogens (tertiary/aromatic N) is 1. The van der Waals surface area contributed by atoms with E-state index in [0.717, 1.165) is 48.4 Å². The summed E-state index contributed by atoms with van der Waals surface area (Å²) in [6, 6.07) is 13.3. The van der Waals surface area contributed by atoms with Crippen LogP contribution in [0.2, 0.25) is 0 Å². The Kier molecular flexibility index (Phi) is 7.78. The lowest BCUT2D eigenvalue weighted by Crippen LogP contribution is -2.28. The lowest BCUT2D eigenvalue weighted by atomic mass is 9.85. The molecule has 1 fully saturated rings. The molecule has 2 aromatic rings. The van der Waals surface area contributed by atoms with Crippen LogP contribution in [-0.4, -0.2) is 25.1 Å². The number of nitrogens with two attached hydrogens (primary N) is 1. The highest BCUT2D eigenvalue weighted by Gasteiger charge is 2.25. The molecule has 2 aliphatic rings. The van der Waals surface area contributed by atoms with Crippen molar-refractivity contribution in [3.05, 3.63) is 48.0 Å². The minimum atomic E-state index is 0. The fourth-order valence-corrected chi connectivity index (χ4v) is 3.27. The van der Waals surface area contributed by atoms with Gasteiger partial charge in [0.05, 0.1) is 19.8 Å². The second-order valence-electron chi connectivity index (χ2n) is 7.36. The van der Waals surface area contributed by atoms with Gasteiger partial charge in [0, 0.05) is 29.8 Å². The summed E-state index contributed by atoms with van der Waals surface area (Å²) in [5, 5.41) is 6.07. The largest absolute Gasteiger partial charge is 0.490 e. The van der Waals surface area contributed by atoms with Crippen LogP contribution < -0.4 is 25.8 Å². The van der Waals surface area contributed by atoms with E-state index in [0.29, 0.717) is 31.5 Å². The first-order valence-electron chi connectivity index (χ1n) is 10.0. The molecule has 0 aromatic heterocycles. The van der Waals surface area contributed by atoms with Crippen LogP contribution in [0.3, 0.4) is 0 Å². The zero-order valence-electron chi connectivity index (χ0n) is 16.7. The third-order valence-corrected chi connectivity index (χ3v) is 5.12. The Balaban J connectivity index is 0.00000256. The van der Waals surface area contributed by atoms with Gasteiger partial charge in [-0.05, 0) is 42.7 Å². The number of hydrogen-bond donors (Lipinski definition) is 3. The van der Waals surface area contributed by atoms with Gasteiger partial charge >= 0.3 is 0 Å². The first kappa shape index (κ1) is 22.2. The molecule has 4 N–H and O–H groups in total. The molecule has 0 unspecified atom stereocenters. The Labute approximate surface area is 193 Å². The number of amides is 1. The summed E-state index contributed by atoms with van der Waals surface area (Å²) < 4.78 is 11.3. The summed E-state index contributed by atoms with van der Waals surface area (Å²) in [6.07, 6.45) is 3.97. The number of guanidine groups is 1. The second kappa shape index (κ2) is 10.5. The van der Waals surface area contributed by atoms with Gasteiger partial charge in [-0.3, -0.25) is 4.79 Å². The van der Waals surface area contributed by atoms with E-state index in [1.54, 1.807) is 0 Å². The van der Waals surface area contributed by atoms with E-state index in [4.69, 9.17) is 15.2 Å². The number of hydrogen-bond acceptors (Lipinski definition) is 4. The summed E-state index contributed by atoms with van der Waals surface area (Å²) in [5.41, 5.74) is 8.60. The van der Waals surface area contributed by atoms with Gasteiger partial charge < -0.3 is 25.8 Å². The Hall–Kier alpha value is -2.49. The lowest BCUT2D eigenvalue weighted by Gasteiger charge is -2.24. The van der Waals surface area contributed by atoms with Crippen molar-refractivity contribution >= 4 is 47.2 Å². The average molecular weight is 522 g/mol. The summed E-state index contributed by atoms with van der Waals surface area (Å²) in [7, 11) is 0. The van der Waals surface area contributed by atoms with Gasteiger partial charge in [0.1, 0.15) is 0 Å². The highest BCUT2D eigenvalue weighted by atomic mass is 127. The van der Waals surface area contributed by atoms with E-state index in [2.05, 4.69) is 15.6 Å².